The van der Waals surface area contributed by atoms with Crippen LogP contribution in [0.1, 0.15) is 38.2 Å². The lowest BCUT2D eigenvalue weighted by atomic mass is 9.81. The van der Waals surface area contributed by atoms with Crippen molar-refractivity contribution in [2.24, 2.45) is 11.7 Å². The summed E-state index contributed by atoms with van der Waals surface area (Å²) in [5, 5.41) is 0. The molecule has 2 aliphatic rings. The van der Waals surface area contributed by atoms with Gasteiger partial charge in [-0.1, -0.05) is 19.9 Å². The average Bonchev–Trinajstić information content (AvgIpc) is 2.84. The molecule has 1 aliphatic heterocycles. The fourth-order valence-corrected chi connectivity index (χ4v) is 2.94. The molecule has 1 saturated carbocycles. The van der Waals surface area contributed by atoms with Gasteiger partial charge in [0.1, 0.15) is 0 Å². The summed E-state index contributed by atoms with van der Waals surface area (Å²) in [6.07, 6.45) is 2.26. The molecule has 1 aromatic rings. The Morgan fingerprint density at radius 1 is 1.18 bits per heavy atom. The van der Waals surface area contributed by atoms with Crippen molar-refractivity contribution in [3.8, 4) is 11.5 Å². The zero-order valence-electron chi connectivity index (χ0n) is 10.4. The maximum Gasteiger partial charge on any atom is 0.231 e. The van der Waals surface area contributed by atoms with Gasteiger partial charge in [0.2, 0.25) is 6.79 Å². The third-order valence-electron chi connectivity index (χ3n) is 3.87. The highest BCUT2D eigenvalue weighted by molar-refractivity contribution is 5.46. The summed E-state index contributed by atoms with van der Waals surface area (Å²) >= 11 is 0. The molecule has 1 unspecified atom stereocenters. The van der Waals surface area contributed by atoms with Crippen molar-refractivity contribution in [2.75, 3.05) is 6.79 Å². The number of rotatable bonds is 3. The Kier molecular flexibility index (Phi) is 2.33. The molecule has 0 amide bonds. The van der Waals surface area contributed by atoms with E-state index in [0.717, 1.165) is 24.3 Å². The molecular formula is C14H19NO2. The SMILES string of the molecule is CC(C)C(c1ccc2c(c1)OCO2)C1(N)CC1. The summed E-state index contributed by atoms with van der Waals surface area (Å²) in [5.74, 6) is 2.66. The lowest BCUT2D eigenvalue weighted by Crippen LogP contribution is -2.33. The van der Waals surface area contributed by atoms with E-state index in [1.54, 1.807) is 0 Å². The minimum Gasteiger partial charge on any atom is -0.454 e. The minimum absolute atomic E-state index is 0.00185. The van der Waals surface area contributed by atoms with Crippen LogP contribution >= 0.6 is 0 Å². The standard InChI is InChI=1S/C14H19NO2/c1-9(2)13(14(15)5-6-14)10-3-4-11-12(7-10)17-8-16-11/h3-4,7,9,13H,5-6,8,15H2,1-2H3. The summed E-state index contributed by atoms with van der Waals surface area (Å²) in [7, 11) is 0. The van der Waals surface area contributed by atoms with Gasteiger partial charge in [0.25, 0.3) is 0 Å². The van der Waals surface area contributed by atoms with Crippen LogP contribution in [0.25, 0.3) is 0 Å². The first-order valence-corrected chi connectivity index (χ1v) is 6.28. The van der Waals surface area contributed by atoms with Gasteiger partial charge in [0, 0.05) is 11.5 Å². The Balaban J connectivity index is 1.96. The fourth-order valence-electron chi connectivity index (χ4n) is 2.94. The second-order valence-corrected chi connectivity index (χ2v) is 5.57. The molecule has 92 valence electrons. The van der Waals surface area contributed by atoms with Crippen molar-refractivity contribution in [1.82, 2.24) is 0 Å². The number of ether oxygens (including phenoxy) is 2. The molecule has 3 heteroatoms. The van der Waals surface area contributed by atoms with Crippen molar-refractivity contribution in [3.63, 3.8) is 0 Å². The van der Waals surface area contributed by atoms with Gasteiger partial charge in [0.15, 0.2) is 11.5 Å². The molecule has 0 spiro atoms. The molecule has 0 radical (unpaired) electrons. The molecule has 3 rings (SSSR count). The third-order valence-corrected chi connectivity index (χ3v) is 3.87. The number of nitrogens with two attached hydrogens (primary N) is 1. The van der Waals surface area contributed by atoms with E-state index in [1.807, 2.05) is 6.07 Å². The van der Waals surface area contributed by atoms with Crippen LogP contribution in [-0.2, 0) is 0 Å². The van der Waals surface area contributed by atoms with E-state index >= 15 is 0 Å². The van der Waals surface area contributed by atoms with Crippen molar-refractivity contribution >= 4 is 0 Å². The van der Waals surface area contributed by atoms with E-state index in [-0.39, 0.29) is 5.54 Å². The molecule has 1 fully saturated rings. The van der Waals surface area contributed by atoms with Crippen LogP contribution in [0.5, 0.6) is 11.5 Å². The van der Waals surface area contributed by atoms with E-state index < -0.39 is 0 Å². The first-order chi connectivity index (χ1) is 8.10. The maximum atomic E-state index is 6.40. The highest BCUT2D eigenvalue weighted by atomic mass is 16.7. The minimum atomic E-state index is 0.00185. The predicted octanol–water partition coefficient (Wildman–Crippen LogP) is 2.65. The number of fused-ring (bicyclic) bond motifs is 1. The van der Waals surface area contributed by atoms with Gasteiger partial charge in [-0.05, 0) is 36.5 Å². The van der Waals surface area contributed by atoms with E-state index in [4.69, 9.17) is 15.2 Å². The molecule has 3 nitrogen and oxygen atoms in total. The summed E-state index contributed by atoms with van der Waals surface area (Å²) in [4.78, 5) is 0. The highest BCUT2D eigenvalue weighted by Crippen LogP contribution is 2.50. The number of hydrogen-bond acceptors (Lipinski definition) is 3. The molecule has 1 atom stereocenters. The molecule has 1 heterocycles. The lowest BCUT2D eigenvalue weighted by molar-refractivity contribution is 0.174. The molecule has 0 aromatic heterocycles. The van der Waals surface area contributed by atoms with Gasteiger partial charge in [-0.25, -0.2) is 0 Å². The van der Waals surface area contributed by atoms with E-state index in [2.05, 4.69) is 26.0 Å². The van der Waals surface area contributed by atoms with Crippen molar-refractivity contribution in [3.05, 3.63) is 23.8 Å². The van der Waals surface area contributed by atoms with Gasteiger partial charge < -0.3 is 15.2 Å². The molecule has 17 heavy (non-hydrogen) atoms. The normalized spacial score (nSPS) is 21.6. The molecule has 0 bridgehead atoms. The van der Waals surface area contributed by atoms with Crippen LogP contribution in [0.3, 0.4) is 0 Å². The zero-order chi connectivity index (χ0) is 12.0. The van der Waals surface area contributed by atoms with Crippen LogP contribution in [0, 0.1) is 5.92 Å². The zero-order valence-corrected chi connectivity index (χ0v) is 10.4. The fraction of sp³-hybridized carbons (Fsp3) is 0.571. The summed E-state index contributed by atoms with van der Waals surface area (Å²) in [5.41, 5.74) is 7.68. The Morgan fingerprint density at radius 2 is 1.88 bits per heavy atom. The van der Waals surface area contributed by atoms with Crippen LogP contribution in [-0.4, -0.2) is 12.3 Å². The monoisotopic (exact) mass is 233 g/mol. The second-order valence-electron chi connectivity index (χ2n) is 5.57. The summed E-state index contributed by atoms with van der Waals surface area (Å²) in [6.45, 7) is 4.81. The van der Waals surface area contributed by atoms with Crippen molar-refractivity contribution in [2.45, 2.75) is 38.1 Å². The molecule has 1 aromatic carbocycles. The van der Waals surface area contributed by atoms with Crippen LogP contribution in [0.2, 0.25) is 0 Å². The van der Waals surface area contributed by atoms with Crippen LogP contribution in [0.15, 0.2) is 18.2 Å². The molecular weight excluding hydrogens is 214 g/mol. The molecule has 1 aliphatic carbocycles. The maximum absolute atomic E-state index is 6.40. The summed E-state index contributed by atoms with van der Waals surface area (Å²) in [6, 6.07) is 6.23. The number of hydrogen-bond donors (Lipinski definition) is 1. The van der Waals surface area contributed by atoms with Crippen molar-refractivity contribution < 1.29 is 9.47 Å². The van der Waals surface area contributed by atoms with E-state index in [0.29, 0.717) is 18.6 Å². The average molecular weight is 233 g/mol. The van der Waals surface area contributed by atoms with Gasteiger partial charge >= 0.3 is 0 Å². The third kappa shape index (κ3) is 1.78. The number of benzene rings is 1. The van der Waals surface area contributed by atoms with Gasteiger partial charge in [0.05, 0.1) is 0 Å². The quantitative estimate of drug-likeness (QED) is 0.873. The largest absolute Gasteiger partial charge is 0.454 e. The first kappa shape index (κ1) is 10.9. The Bertz CT molecular complexity index is 438. The second kappa shape index (κ2) is 3.64. The molecule has 0 saturated heterocycles. The Labute approximate surface area is 102 Å². The molecule has 2 N–H and O–H groups in total. The Morgan fingerprint density at radius 3 is 2.53 bits per heavy atom. The van der Waals surface area contributed by atoms with Crippen LogP contribution < -0.4 is 15.2 Å². The van der Waals surface area contributed by atoms with Crippen LogP contribution in [0.4, 0.5) is 0 Å². The van der Waals surface area contributed by atoms with Gasteiger partial charge in [-0.3, -0.25) is 0 Å². The predicted molar refractivity (Wildman–Crippen MR) is 66.3 cm³/mol. The highest BCUT2D eigenvalue weighted by Gasteiger charge is 2.47. The lowest BCUT2D eigenvalue weighted by Gasteiger charge is -2.28. The Hall–Kier alpha value is -1.22. The topological polar surface area (TPSA) is 44.5 Å². The first-order valence-electron chi connectivity index (χ1n) is 6.28. The van der Waals surface area contributed by atoms with Gasteiger partial charge in [-0.2, -0.15) is 0 Å². The smallest absolute Gasteiger partial charge is 0.231 e. The van der Waals surface area contributed by atoms with E-state index in [1.165, 1.54) is 5.56 Å². The van der Waals surface area contributed by atoms with E-state index in [9.17, 15) is 0 Å². The van der Waals surface area contributed by atoms with Crippen molar-refractivity contribution in [1.29, 1.82) is 0 Å². The van der Waals surface area contributed by atoms with Gasteiger partial charge in [-0.15, -0.1) is 0 Å². The summed E-state index contributed by atoms with van der Waals surface area (Å²) < 4.78 is 10.8.